The Balaban J connectivity index is 2.76. The highest BCUT2D eigenvalue weighted by Crippen LogP contribution is 2.21. The Morgan fingerprint density at radius 1 is 1.44 bits per heavy atom. The van der Waals surface area contributed by atoms with Gasteiger partial charge in [-0.3, -0.25) is 4.21 Å². The van der Waals surface area contributed by atoms with E-state index in [0.29, 0.717) is 28.7 Å². The van der Waals surface area contributed by atoms with E-state index >= 15 is 0 Å². The van der Waals surface area contributed by atoms with E-state index in [1.165, 1.54) is 0 Å². The summed E-state index contributed by atoms with van der Waals surface area (Å²) >= 11 is 0. The van der Waals surface area contributed by atoms with E-state index in [9.17, 15) is 4.21 Å². The van der Waals surface area contributed by atoms with E-state index in [-0.39, 0.29) is 0 Å². The van der Waals surface area contributed by atoms with Crippen molar-refractivity contribution in [2.45, 2.75) is 26.0 Å². The first-order chi connectivity index (χ1) is 8.56. The molecule has 1 aromatic rings. The van der Waals surface area contributed by atoms with Gasteiger partial charge in [-0.05, 0) is 30.5 Å². The summed E-state index contributed by atoms with van der Waals surface area (Å²) in [5.41, 5.74) is 1.42. The van der Waals surface area contributed by atoms with Crippen molar-refractivity contribution in [1.29, 1.82) is 5.26 Å². The molecule has 0 bridgehead atoms. The monoisotopic (exact) mass is 265 g/mol. The predicted molar refractivity (Wildman–Crippen MR) is 73.9 cm³/mol. The summed E-state index contributed by atoms with van der Waals surface area (Å²) in [7, 11) is 0.682. The largest absolute Gasteiger partial charge is 0.496 e. The van der Waals surface area contributed by atoms with Gasteiger partial charge in [0.05, 0.1) is 24.5 Å². The van der Waals surface area contributed by atoms with E-state index < -0.39 is 10.8 Å². The van der Waals surface area contributed by atoms with Gasteiger partial charge in [-0.25, -0.2) is 0 Å². The molecular weight excluding hydrogens is 246 g/mol. The first-order valence-corrected chi connectivity index (χ1v) is 7.47. The lowest BCUT2D eigenvalue weighted by Gasteiger charge is -2.09. The molecule has 0 saturated carbocycles. The lowest BCUT2D eigenvalue weighted by molar-refractivity contribution is 0.411. The fourth-order valence-electron chi connectivity index (χ4n) is 1.57. The van der Waals surface area contributed by atoms with Gasteiger partial charge in [0.1, 0.15) is 5.75 Å². The molecule has 0 aliphatic rings. The molecule has 0 radical (unpaired) electrons. The Hall–Kier alpha value is -1.34. The zero-order valence-electron chi connectivity index (χ0n) is 11.1. The van der Waals surface area contributed by atoms with Crippen LogP contribution in [0.15, 0.2) is 18.2 Å². The number of nitriles is 1. The van der Waals surface area contributed by atoms with E-state index in [1.807, 2.05) is 0 Å². The minimum atomic E-state index is -0.903. The first kappa shape index (κ1) is 14.7. The van der Waals surface area contributed by atoms with Crippen molar-refractivity contribution in [3.05, 3.63) is 29.3 Å². The average molecular weight is 265 g/mol. The minimum Gasteiger partial charge on any atom is -0.496 e. The van der Waals surface area contributed by atoms with Gasteiger partial charge >= 0.3 is 0 Å². The second kappa shape index (κ2) is 7.17. The van der Waals surface area contributed by atoms with Crippen molar-refractivity contribution >= 4 is 10.8 Å². The topological polar surface area (TPSA) is 50.1 Å². The highest BCUT2D eigenvalue weighted by atomic mass is 32.2. The maximum atomic E-state index is 12.0. The van der Waals surface area contributed by atoms with E-state index in [1.54, 1.807) is 25.3 Å². The molecule has 1 atom stereocenters. The van der Waals surface area contributed by atoms with E-state index in [2.05, 4.69) is 19.9 Å². The summed E-state index contributed by atoms with van der Waals surface area (Å²) in [5, 5.41) is 8.87. The molecule has 1 rings (SSSR count). The van der Waals surface area contributed by atoms with Crippen LogP contribution in [0.4, 0.5) is 0 Å². The van der Waals surface area contributed by atoms with Crippen LogP contribution in [-0.4, -0.2) is 17.1 Å². The Bertz CT molecular complexity index is 463. The molecule has 18 heavy (non-hydrogen) atoms. The van der Waals surface area contributed by atoms with Crippen molar-refractivity contribution in [1.82, 2.24) is 0 Å². The number of benzene rings is 1. The van der Waals surface area contributed by atoms with Crippen LogP contribution in [-0.2, 0) is 16.6 Å². The van der Waals surface area contributed by atoms with Crippen LogP contribution in [0.25, 0.3) is 0 Å². The van der Waals surface area contributed by atoms with Crippen LogP contribution in [0.5, 0.6) is 5.75 Å². The van der Waals surface area contributed by atoms with Gasteiger partial charge < -0.3 is 4.74 Å². The van der Waals surface area contributed by atoms with Crippen molar-refractivity contribution in [3.63, 3.8) is 0 Å². The molecule has 1 aromatic carbocycles. The van der Waals surface area contributed by atoms with Crippen molar-refractivity contribution in [2.24, 2.45) is 5.92 Å². The Kier molecular flexibility index (Phi) is 5.87. The van der Waals surface area contributed by atoms with Gasteiger partial charge in [-0.2, -0.15) is 5.26 Å². The number of nitrogens with zero attached hydrogens (tertiary/aromatic N) is 1. The summed E-state index contributed by atoms with van der Waals surface area (Å²) < 4.78 is 17.2. The van der Waals surface area contributed by atoms with Crippen molar-refractivity contribution in [3.8, 4) is 11.8 Å². The number of hydrogen-bond acceptors (Lipinski definition) is 3. The van der Waals surface area contributed by atoms with E-state index in [0.717, 1.165) is 12.0 Å². The molecule has 0 spiro atoms. The Morgan fingerprint density at radius 2 is 2.17 bits per heavy atom. The molecular formula is C14H19NO2S. The first-order valence-electron chi connectivity index (χ1n) is 5.98. The van der Waals surface area contributed by atoms with Crippen LogP contribution in [0.2, 0.25) is 0 Å². The predicted octanol–water partition coefficient (Wildman–Crippen LogP) is 2.86. The third-order valence-corrected chi connectivity index (χ3v) is 3.97. The smallest absolute Gasteiger partial charge is 0.123 e. The summed E-state index contributed by atoms with van der Waals surface area (Å²) in [6, 6.07) is 7.31. The van der Waals surface area contributed by atoms with Crippen molar-refractivity contribution in [2.75, 3.05) is 12.9 Å². The number of methoxy groups -OCH3 is 1. The third kappa shape index (κ3) is 4.50. The van der Waals surface area contributed by atoms with E-state index in [4.69, 9.17) is 10.00 Å². The van der Waals surface area contributed by atoms with Crippen LogP contribution in [0.1, 0.15) is 31.4 Å². The lowest BCUT2D eigenvalue weighted by Crippen LogP contribution is -2.05. The summed E-state index contributed by atoms with van der Waals surface area (Å²) in [5.74, 6) is 2.40. The quantitative estimate of drug-likeness (QED) is 0.794. The molecule has 98 valence electrons. The van der Waals surface area contributed by atoms with Crippen LogP contribution in [0, 0.1) is 17.2 Å². The van der Waals surface area contributed by atoms with Gasteiger partial charge in [0, 0.05) is 22.1 Å². The molecule has 0 fully saturated rings. The highest BCUT2D eigenvalue weighted by molar-refractivity contribution is 7.84. The van der Waals surface area contributed by atoms with Crippen LogP contribution < -0.4 is 4.74 Å². The van der Waals surface area contributed by atoms with Gasteiger partial charge in [-0.15, -0.1) is 0 Å². The summed E-state index contributed by atoms with van der Waals surface area (Å²) in [4.78, 5) is 0. The number of rotatable bonds is 6. The Morgan fingerprint density at radius 3 is 2.72 bits per heavy atom. The van der Waals surface area contributed by atoms with Crippen molar-refractivity contribution < 1.29 is 8.95 Å². The standard InChI is InChI=1S/C14H19NO2S/c1-11(2)6-7-18(16)10-13-8-12(9-15)4-5-14(13)17-3/h4-5,8,11H,6-7,10H2,1-3H3. The Labute approximate surface area is 111 Å². The maximum Gasteiger partial charge on any atom is 0.123 e. The highest BCUT2D eigenvalue weighted by Gasteiger charge is 2.09. The molecule has 1 unspecified atom stereocenters. The fourth-order valence-corrected chi connectivity index (χ4v) is 3.02. The van der Waals surface area contributed by atoms with Gasteiger partial charge in [0.2, 0.25) is 0 Å². The summed E-state index contributed by atoms with van der Waals surface area (Å²) in [6.07, 6.45) is 0.951. The normalized spacial score (nSPS) is 12.2. The molecule has 3 nitrogen and oxygen atoms in total. The maximum absolute atomic E-state index is 12.0. The SMILES string of the molecule is COc1ccc(C#N)cc1CS(=O)CCC(C)C. The molecule has 0 aliphatic heterocycles. The van der Waals surface area contributed by atoms with Crippen LogP contribution in [0.3, 0.4) is 0 Å². The summed E-state index contributed by atoms with van der Waals surface area (Å²) in [6.45, 7) is 4.24. The average Bonchev–Trinajstić information content (AvgIpc) is 2.36. The lowest BCUT2D eigenvalue weighted by atomic mass is 10.1. The zero-order valence-corrected chi connectivity index (χ0v) is 11.9. The molecule has 0 heterocycles. The molecule has 4 heteroatoms. The van der Waals surface area contributed by atoms with Gasteiger partial charge in [-0.1, -0.05) is 13.8 Å². The second-order valence-corrected chi connectivity index (χ2v) is 6.19. The molecule has 0 aliphatic carbocycles. The second-order valence-electron chi connectivity index (χ2n) is 4.61. The molecule has 0 saturated heterocycles. The minimum absolute atomic E-state index is 0.450. The molecule has 0 aromatic heterocycles. The number of ether oxygens (including phenoxy) is 1. The number of hydrogen-bond donors (Lipinski definition) is 0. The third-order valence-electron chi connectivity index (χ3n) is 2.65. The van der Waals surface area contributed by atoms with Gasteiger partial charge in [0.25, 0.3) is 0 Å². The molecule has 0 N–H and O–H groups in total. The van der Waals surface area contributed by atoms with Crippen LogP contribution >= 0.6 is 0 Å². The fraction of sp³-hybridized carbons (Fsp3) is 0.500. The molecule has 0 amide bonds. The van der Waals surface area contributed by atoms with Gasteiger partial charge in [0.15, 0.2) is 0 Å². The zero-order chi connectivity index (χ0) is 13.5.